The van der Waals surface area contributed by atoms with E-state index in [9.17, 15) is 19.6 Å². The summed E-state index contributed by atoms with van der Waals surface area (Å²) in [4.78, 5) is 37.9. The Morgan fingerprint density at radius 1 is 0.844 bits per heavy atom. The van der Waals surface area contributed by atoms with Crippen molar-refractivity contribution < 1.29 is 19.1 Å². The van der Waals surface area contributed by atoms with Crippen molar-refractivity contribution in [3.8, 4) is 17.2 Å². The molecule has 4 rings (SSSR count). The van der Waals surface area contributed by atoms with Crippen LogP contribution in [0.3, 0.4) is 0 Å². The number of fused-ring (bicyclic) bond motifs is 1. The van der Waals surface area contributed by atoms with Crippen LogP contribution in [0.2, 0.25) is 0 Å². The van der Waals surface area contributed by atoms with Crippen molar-refractivity contribution in [3.63, 3.8) is 0 Å². The molecule has 32 heavy (non-hydrogen) atoms. The van der Waals surface area contributed by atoms with E-state index in [1.54, 1.807) is 30.3 Å². The summed E-state index contributed by atoms with van der Waals surface area (Å²) >= 11 is 0. The minimum Gasteiger partial charge on any atom is -0.461 e. The van der Waals surface area contributed by atoms with Crippen LogP contribution in [0, 0.1) is 11.3 Å². The standard InChI is InChI=1S/C26H20N2O4/c27-16-20-6-1-2-7-21(20)19-13-11-18(12-14-19)17-32-24(29)10-5-15-28-25(30)22-8-3-4-9-23(22)26(28)31/h1-4,6-9,11-14H,5,10,15,17H2. The molecule has 1 aliphatic rings. The number of benzene rings is 3. The van der Waals surface area contributed by atoms with E-state index in [1.165, 1.54) is 4.90 Å². The van der Waals surface area contributed by atoms with Crippen LogP contribution in [0.1, 0.15) is 44.7 Å². The van der Waals surface area contributed by atoms with Crippen LogP contribution in [-0.4, -0.2) is 29.2 Å². The van der Waals surface area contributed by atoms with Gasteiger partial charge in [-0.3, -0.25) is 19.3 Å². The highest BCUT2D eigenvalue weighted by atomic mass is 16.5. The lowest BCUT2D eigenvalue weighted by Gasteiger charge is -2.13. The van der Waals surface area contributed by atoms with Crippen molar-refractivity contribution in [2.24, 2.45) is 0 Å². The molecule has 0 unspecified atom stereocenters. The van der Waals surface area contributed by atoms with Gasteiger partial charge in [0.25, 0.3) is 11.8 Å². The Morgan fingerprint density at radius 2 is 1.44 bits per heavy atom. The van der Waals surface area contributed by atoms with E-state index in [-0.39, 0.29) is 37.4 Å². The number of ether oxygens (including phenoxy) is 1. The van der Waals surface area contributed by atoms with E-state index >= 15 is 0 Å². The quantitative estimate of drug-likeness (QED) is 0.416. The molecule has 2 amide bonds. The van der Waals surface area contributed by atoms with Gasteiger partial charge < -0.3 is 4.74 Å². The highest BCUT2D eigenvalue weighted by molar-refractivity contribution is 6.21. The lowest BCUT2D eigenvalue weighted by molar-refractivity contribution is -0.145. The fourth-order valence-corrected chi connectivity index (χ4v) is 3.67. The summed E-state index contributed by atoms with van der Waals surface area (Å²) in [5.74, 6) is -1.03. The fourth-order valence-electron chi connectivity index (χ4n) is 3.67. The number of rotatable bonds is 7. The van der Waals surface area contributed by atoms with Crippen LogP contribution in [0.25, 0.3) is 11.1 Å². The lowest BCUT2D eigenvalue weighted by atomic mass is 9.99. The van der Waals surface area contributed by atoms with Crippen molar-refractivity contribution in [1.29, 1.82) is 5.26 Å². The topological polar surface area (TPSA) is 87.5 Å². The summed E-state index contributed by atoms with van der Waals surface area (Å²) in [6, 6.07) is 23.8. The van der Waals surface area contributed by atoms with Gasteiger partial charge >= 0.3 is 5.97 Å². The van der Waals surface area contributed by atoms with Gasteiger partial charge in [0.1, 0.15) is 6.61 Å². The van der Waals surface area contributed by atoms with Gasteiger partial charge in [-0.1, -0.05) is 54.6 Å². The molecule has 0 aliphatic carbocycles. The van der Waals surface area contributed by atoms with Crippen LogP contribution in [-0.2, 0) is 16.1 Å². The van der Waals surface area contributed by atoms with Crippen molar-refractivity contribution >= 4 is 17.8 Å². The molecular formula is C26H20N2O4. The average Bonchev–Trinajstić information content (AvgIpc) is 3.08. The third-order valence-electron chi connectivity index (χ3n) is 5.35. The van der Waals surface area contributed by atoms with Gasteiger partial charge in [0, 0.05) is 13.0 Å². The van der Waals surface area contributed by atoms with Gasteiger partial charge in [-0.15, -0.1) is 0 Å². The Morgan fingerprint density at radius 3 is 2.06 bits per heavy atom. The van der Waals surface area contributed by atoms with Crippen molar-refractivity contribution in [2.75, 3.05) is 6.54 Å². The summed E-state index contributed by atoms with van der Waals surface area (Å²) < 4.78 is 5.32. The molecule has 6 heteroatoms. The second kappa shape index (κ2) is 9.27. The van der Waals surface area contributed by atoms with E-state index in [0.29, 0.717) is 23.1 Å². The van der Waals surface area contributed by atoms with E-state index < -0.39 is 0 Å². The normalized spacial score (nSPS) is 12.4. The van der Waals surface area contributed by atoms with Gasteiger partial charge in [0.15, 0.2) is 0 Å². The van der Waals surface area contributed by atoms with Crippen molar-refractivity contribution in [3.05, 3.63) is 95.1 Å². The van der Waals surface area contributed by atoms with Crippen LogP contribution < -0.4 is 0 Å². The number of carbonyl (C=O) groups excluding carboxylic acids is 3. The second-order valence-corrected chi connectivity index (χ2v) is 7.43. The van der Waals surface area contributed by atoms with Crippen molar-refractivity contribution in [1.82, 2.24) is 4.90 Å². The Labute approximate surface area is 185 Å². The molecule has 3 aromatic rings. The minimum absolute atomic E-state index is 0.112. The van der Waals surface area contributed by atoms with Crippen LogP contribution in [0.15, 0.2) is 72.8 Å². The number of carbonyl (C=O) groups is 3. The smallest absolute Gasteiger partial charge is 0.306 e. The largest absolute Gasteiger partial charge is 0.461 e. The second-order valence-electron chi connectivity index (χ2n) is 7.43. The molecule has 0 aromatic heterocycles. The first-order valence-electron chi connectivity index (χ1n) is 10.3. The lowest BCUT2D eigenvalue weighted by Crippen LogP contribution is -2.31. The zero-order valence-corrected chi connectivity index (χ0v) is 17.3. The molecular weight excluding hydrogens is 404 g/mol. The molecule has 1 heterocycles. The molecule has 6 nitrogen and oxygen atoms in total. The number of nitrogens with zero attached hydrogens (tertiary/aromatic N) is 2. The number of hydrogen-bond donors (Lipinski definition) is 0. The number of hydrogen-bond acceptors (Lipinski definition) is 5. The highest BCUT2D eigenvalue weighted by Crippen LogP contribution is 2.24. The number of imide groups is 1. The van der Waals surface area contributed by atoms with Gasteiger partial charge in [-0.2, -0.15) is 5.26 Å². The first-order valence-corrected chi connectivity index (χ1v) is 10.3. The van der Waals surface area contributed by atoms with Crippen LogP contribution in [0.4, 0.5) is 0 Å². The van der Waals surface area contributed by atoms with E-state index in [0.717, 1.165) is 16.7 Å². The molecule has 0 spiro atoms. The van der Waals surface area contributed by atoms with Gasteiger partial charge in [-0.05, 0) is 41.3 Å². The minimum atomic E-state index is -0.388. The number of amides is 2. The van der Waals surface area contributed by atoms with Crippen LogP contribution in [0.5, 0.6) is 0 Å². The molecule has 0 N–H and O–H groups in total. The molecule has 0 atom stereocenters. The Hall–Kier alpha value is -4.24. The average molecular weight is 424 g/mol. The Kier molecular flexibility index (Phi) is 6.09. The van der Waals surface area contributed by atoms with E-state index in [2.05, 4.69) is 6.07 Å². The summed E-state index contributed by atoms with van der Waals surface area (Å²) in [6.07, 6.45) is 0.454. The maximum atomic E-state index is 12.3. The molecule has 0 saturated carbocycles. The third-order valence-corrected chi connectivity index (χ3v) is 5.35. The molecule has 158 valence electrons. The van der Waals surface area contributed by atoms with Gasteiger partial charge in [0.05, 0.1) is 22.8 Å². The number of nitriles is 1. The monoisotopic (exact) mass is 424 g/mol. The number of esters is 1. The summed E-state index contributed by atoms with van der Waals surface area (Å²) in [7, 11) is 0. The molecule has 0 saturated heterocycles. The van der Waals surface area contributed by atoms with Gasteiger partial charge in [-0.25, -0.2) is 0 Å². The molecule has 3 aromatic carbocycles. The van der Waals surface area contributed by atoms with E-state index in [4.69, 9.17) is 4.74 Å². The highest BCUT2D eigenvalue weighted by Gasteiger charge is 2.34. The maximum Gasteiger partial charge on any atom is 0.306 e. The zero-order chi connectivity index (χ0) is 22.5. The van der Waals surface area contributed by atoms with Crippen LogP contribution >= 0.6 is 0 Å². The fraction of sp³-hybridized carbons (Fsp3) is 0.154. The summed E-state index contributed by atoms with van der Waals surface area (Å²) in [5.41, 5.74) is 4.01. The SMILES string of the molecule is N#Cc1ccccc1-c1ccc(COC(=O)CCCN2C(=O)c3ccccc3C2=O)cc1. The van der Waals surface area contributed by atoms with Crippen molar-refractivity contribution in [2.45, 2.75) is 19.4 Å². The van der Waals surface area contributed by atoms with E-state index in [1.807, 2.05) is 42.5 Å². The molecule has 0 radical (unpaired) electrons. The summed E-state index contributed by atoms with van der Waals surface area (Å²) in [5, 5.41) is 9.25. The summed E-state index contributed by atoms with van der Waals surface area (Å²) in [6.45, 7) is 0.306. The zero-order valence-electron chi connectivity index (χ0n) is 17.3. The Balaban J connectivity index is 1.26. The third kappa shape index (κ3) is 4.28. The molecule has 0 bridgehead atoms. The molecule has 0 fully saturated rings. The Bertz CT molecular complexity index is 1190. The predicted molar refractivity (Wildman–Crippen MR) is 117 cm³/mol. The maximum absolute atomic E-state index is 12.3. The molecule has 1 aliphatic heterocycles. The first kappa shape index (κ1) is 21.0. The predicted octanol–water partition coefficient (Wildman–Crippen LogP) is 4.34. The first-order chi connectivity index (χ1) is 15.6. The van der Waals surface area contributed by atoms with Gasteiger partial charge in [0.2, 0.25) is 0 Å².